The van der Waals surface area contributed by atoms with Crippen LogP contribution in [-0.4, -0.2) is 11.1 Å². The number of aryl methyl sites for hydroxylation is 1. The standard InChI is InChI=1S/C10H11NO2S/c1-7-2-3-8(11)6-9(7)14-5-4-10(12)13/h2-6H,11H2,1H3,(H,12,13)/b5-4+. The first-order valence-electron chi connectivity index (χ1n) is 4.02. The molecule has 0 fully saturated rings. The number of anilines is 1. The summed E-state index contributed by atoms with van der Waals surface area (Å²) in [7, 11) is 0. The van der Waals surface area contributed by atoms with Gasteiger partial charge in [-0.3, -0.25) is 0 Å². The third-order valence-corrected chi connectivity index (χ3v) is 2.58. The van der Waals surface area contributed by atoms with Gasteiger partial charge in [-0.15, -0.1) is 0 Å². The second kappa shape index (κ2) is 4.72. The van der Waals surface area contributed by atoms with Gasteiger partial charge in [0.15, 0.2) is 0 Å². The SMILES string of the molecule is Cc1ccc(N)cc1S/C=C/C(=O)O. The maximum absolute atomic E-state index is 10.2. The van der Waals surface area contributed by atoms with Gasteiger partial charge >= 0.3 is 5.97 Å². The molecule has 0 aromatic heterocycles. The van der Waals surface area contributed by atoms with Crippen molar-refractivity contribution >= 4 is 23.4 Å². The van der Waals surface area contributed by atoms with E-state index in [1.54, 1.807) is 0 Å². The van der Waals surface area contributed by atoms with Gasteiger partial charge in [0, 0.05) is 16.7 Å². The van der Waals surface area contributed by atoms with E-state index in [4.69, 9.17) is 10.8 Å². The molecule has 0 saturated heterocycles. The summed E-state index contributed by atoms with van der Waals surface area (Å²) in [5.74, 6) is -0.945. The highest BCUT2D eigenvalue weighted by molar-refractivity contribution is 8.02. The molecule has 0 atom stereocenters. The maximum atomic E-state index is 10.2. The van der Waals surface area contributed by atoms with E-state index in [-0.39, 0.29) is 0 Å². The number of benzene rings is 1. The van der Waals surface area contributed by atoms with Crippen LogP contribution in [-0.2, 0) is 4.79 Å². The van der Waals surface area contributed by atoms with E-state index in [0.717, 1.165) is 16.5 Å². The molecule has 0 radical (unpaired) electrons. The molecule has 3 nitrogen and oxygen atoms in total. The second-order valence-electron chi connectivity index (χ2n) is 2.78. The van der Waals surface area contributed by atoms with Crippen molar-refractivity contribution in [2.45, 2.75) is 11.8 Å². The highest BCUT2D eigenvalue weighted by Gasteiger charge is 1.97. The zero-order valence-electron chi connectivity index (χ0n) is 7.73. The number of hydrogen-bond donors (Lipinski definition) is 2. The Hall–Kier alpha value is -1.42. The number of carboxylic acids is 1. The lowest BCUT2D eigenvalue weighted by Crippen LogP contribution is -1.87. The van der Waals surface area contributed by atoms with E-state index in [1.165, 1.54) is 17.2 Å². The molecule has 0 saturated carbocycles. The molecule has 1 rings (SSSR count). The van der Waals surface area contributed by atoms with Gasteiger partial charge < -0.3 is 10.8 Å². The Bertz CT molecular complexity index is 374. The summed E-state index contributed by atoms with van der Waals surface area (Å²) in [6.45, 7) is 1.95. The predicted molar refractivity (Wildman–Crippen MR) is 58.2 cm³/mol. The van der Waals surface area contributed by atoms with Crippen molar-refractivity contribution in [2.75, 3.05) is 5.73 Å². The Kier molecular flexibility index (Phi) is 3.59. The van der Waals surface area contributed by atoms with Crippen molar-refractivity contribution < 1.29 is 9.90 Å². The van der Waals surface area contributed by atoms with Gasteiger partial charge in [0.25, 0.3) is 0 Å². The molecule has 74 valence electrons. The van der Waals surface area contributed by atoms with Crippen LogP contribution in [0.5, 0.6) is 0 Å². The average molecular weight is 209 g/mol. The number of thioether (sulfide) groups is 1. The van der Waals surface area contributed by atoms with E-state index in [0.29, 0.717) is 5.69 Å². The smallest absolute Gasteiger partial charge is 0.328 e. The monoisotopic (exact) mass is 209 g/mol. The Morgan fingerprint density at radius 2 is 2.29 bits per heavy atom. The number of nitrogen functional groups attached to an aromatic ring is 1. The molecule has 14 heavy (non-hydrogen) atoms. The number of nitrogens with two attached hydrogens (primary N) is 1. The lowest BCUT2D eigenvalue weighted by Gasteiger charge is -2.02. The topological polar surface area (TPSA) is 63.3 Å². The number of carbonyl (C=O) groups is 1. The fraction of sp³-hybridized carbons (Fsp3) is 0.100. The number of aliphatic carboxylic acids is 1. The third kappa shape index (κ3) is 3.14. The van der Waals surface area contributed by atoms with Crippen molar-refractivity contribution in [1.29, 1.82) is 0 Å². The minimum Gasteiger partial charge on any atom is -0.478 e. The van der Waals surface area contributed by atoms with Crippen LogP contribution in [0, 0.1) is 6.92 Å². The first-order valence-corrected chi connectivity index (χ1v) is 4.90. The van der Waals surface area contributed by atoms with E-state index >= 15 is 0 Å². The lowest BCUT2D eigenvalue weighted by molar-refractivity contribution is -0.131. The summed E-state index contributed by atoms with van der Waals surface area (Å²) in [4.78, 5) is 11.2. The van der Waals surface area contributed by atoms with Crippen molar-refractivity contribution in [3.8, 4) is 0 Å². The Morgan fingerprint density at radius 3 is 2.93 bits per heavy atom. The molecule has 0 unspecified atom stereocenters. The molecule has 0 heterocycles. The molecule has 1 aromatic carbocycles. The van der Waals surface area contributed by atoms with Crippen LogP contribution in [0.3, 0.4) is 0 Å². The van der Waals surface area contributed by atoms with Crippen LogP contribution in [0.1, 0.15) is 5.56 Å². The Balaban J connectivity index is 2.76. The van der Waals surface area contributed by atoms with Crippen LogP contribution in [0.15, 0.2) is 34.6 Å². The largest absolute Gasteiger partial charge is 0.478 e. The fourth-order valence-corrected chi connectivity index (χ4v) is 1.70. The molecule has 3 N–H and O–H groups in total. The Morgan fingerprint density at radius 1 is 1.57 bits per heavy atom. The maximum Gasteiger partial charge on any atom is 0.328 e. The fourth-order valence-electron chi connectivity index (χ4n) is 0.909. The van der Waals surface area contributed by atoms with Crippen LogP contribution in [0.2, 0.25) is 0 Å². The molecule has 0 amide bonds. The zero-order chi connectivity index (χ0) is 10.6. The minimum atomic E-state index is -0.945. The van der Waals surface area contributed by atoms with Gasteiger partial charge in [0.1, 0.15) is 0 Å². The summed E-state index contributed by atoms with van der Waals surface area (Å²) in [6, 6.07) is 5.55. The van der Waals surface area contributed by atoms with Gasteiger partial charge in [-0.2, -0.15) is 0 Å². The molecule has 1 aromatic rings. The first-order chi connectivity index (χ1) is 6.59. The molecule has 4 heteroatoms. The summed E-state index contributed by atoms with van der Waals surface area (Å²) >= 11 is 1.35. The summed E-state index contributed by atoms with van der Waals surface area (Å²) in [6.07, 6.45) is 1.10. The molecule has 0 aliphatic heterocycles. The van der Waals surface area contributed by atoms with Gasteiger partial charge in [0.05, 0.1) is 0 Å². The molecular formula is C10H11NO2S. The molecule has 0 aliphatic carbocycles. The minimum absolute atomic E-state index is 0.682. The third-order valence-electron chi connectivity index (χ3n) is 1.62. The van der Waals surface area contributed by atoms with Crippen molar-refractivity contribution in [2.24, 2.45) is 0 Å². The predicted octanol–water partition coefficient (Wildman–Crippen LogP) is 2.27. The number of rotatable bonds is 3. The molecule has 0 spiro atoms. The molecular weight excluding hydrogens is 198 g/mol. The highest BCUT2D eigenvalue weighted by atomic mass is 32.2. The Labute approximate surface area is 86.6 Å². The highest BCUT2D eigenvalue weighted by Crippen LogP contribution is 2.25. The van der Waals surface area contributed by atoms with Crippen LogP contribution >= 0.6 is 11.8 Å². The van der Waals surface area contributed by atoms with Gasteiger partial charge in [0.2, 0.25) is 0 Å². The zero-order valence-corrected chi connectivity index (χ0v) is 8.54. The van der Waals surface area contributed by atoms with Crippen LogP contribution in [0.25, 0.3) is 0 Å². The number of carboxylic acid groups (broad SMARTS) is 1. The van der Waals surface area contributed by atoms with Crippen LogP contribution in [0.4, 0.5) is 5.69 Å². The normalized spacial score (nSPS) is 10.6. The molecule has 0 bridgehead atoms. The van der Waals surface area contributed by atoms with E-state index in [9.17, 15) is 4.79 Å². The van der Waals surface area contributed by atoms with Crippen LogP contribution < -0.4 is 5.73 Å². The van der Waals surface area contributed by atoms with Crippen molar-refractivity contribution in [3.05, 3.63) is 35.2 Å². The average Bonchev–Trinajstić information content (AvgIpc) is 2.10. The van der Waals surface area contributed by atoms with Gasteiger partial charge in [-0.05, 0) is 30.0 Å². The van der Waals surface area contributed by atoms with E-state index in [1.807, 2.05) is 25.1 Å². The van der Waals surface area contributed by atoms with Crippen molar-refractivity contribution in [1.82, 2.24) is 0 Å². The van der Waals surface area contributed by atoms with Gasteiger partial charge in [-0.1, -0.05) is 17.8 Å². The summed E-state index contributed by atoms with van der Waals surface area (Å²) in [5.41, 5.74) is 7.37. The van der Waals surface area contributed by atoms with Gasteiger partial charge in [-0.25, -0.2) is 4.79 Å². The summed E-state index contributed by atoms with van der Waals surface area (Å²) in [5, 5.41) is 9.92. The lowest BCUT2D eigenvalue weighted by atomic mass is 10.2. The van der Waals surface area contributed by atoms with E-state index < -0.39 is 5.97 Å². The number of hydrogen-bond acceptors (Lipinski definition) is 3. The second-order valence-corrected chi connectivity index (χ2v) is 3.73. The van der Waals surface area contributed by atoms with Crippen molar-refractivity contribution in [3.63, 3.8) is 0 Å². The summed E-state index contributed by atoms with van der Waals surface area (Å²) < 4.78 is 0. The molecule has 0 aliphatic rings. The first kappa shape index (κ1) is 10.7. The quantitative estimate of drug-likeness (QED) is 0.455. The van der Waals surface area contributed by atoms with E-state index in [2.05, 4.69) is 0 Å².